The van der Waals surface area contributed by atoms with E-state index in [1.165, 1.54) is 40.2 Å². The van der Waals surface area contributed by atoms with E-state index in [0.717, 1.165) is 45.4 Å². The Bertz CT molecular complexity index is 1050. The van der Waals surface area contributed by atoms with E-state index in [4.69, 9.17) is 4.74 Å². The molecule has 4 heteroatoms. The van der Waals surface area contributed by atoms with Gasteiger partial charge in [0.05, 0.1) is 6.61 Å². The molecule has 1 heterocycles. The zero-order valence-corrected chi connectivity index (χ0v) is 20.0. The molecule has 0 spiro atoms. The number of nitrogens with zero attached hydrogens (tertiary/aromatic N) is 2. The van der Waals surface area contributed by atoms with Crippen LogP contribution in [0.2, 0.25) is 0 Å². The quantitative estimate of drug-likeness (QED) is 0.170. The maximum atomic E-state index is 11.5. The highest BCUT2D eigenvalue weighted by atomic mass is 16.5. The summed E-state index contributed by atoms with van der Waals surface area (Å²) in [5.41, 5.74) is 4.48. The molecule has 172 valence electrons. The number of benzene rings is 2. The number of para-hydroxylation sites is 1. The first-order chi connectivity index (χ1) is 15.5. The Morgan fingerprint density at radius 1 is 0.969 bits per heavy atom. The van der Waals surface area contributed by atoms with Crippen molar-refractivity contribution in [3.8, 4) is 0 Å². The molecule has 0 saturated heterocycles. The molecule has 0 amide bonds. The molecule has 0 bridgehead atoms. The van der Waals surface area contributed by atoms with Gasteiger partial charge in [-0.05, 0) is 76.4 Å². The summed E-state index contributed by atoms with van der Waals surface area (Å²) in [5, 5.41) is 2.70. The highest BCUT2D eigenvalue weighted by Crippen LogP contribution is 2.30. The Morgan fingerprint density at radius 2 is 1.72 bits per heavy atom. The van der Waals surface area contributed by atoms with E-state index < -0.39 is 0 Å². The number of unbranched alkanes of at least 4 members (excludes halogenated alkanes) is 3. The number of carbonyl (C=O) groups excluding carboxylic acids is 1. The Balaban J connectivity index is 1.63. The number of ether oxygens (including phenoxy) is 1. The van der Waals surface area contributed by atoms with E-state index in [1.54, 1.807) is 6.92 Å². The van der Waals surface area contributed by atoms with Crippen LogP contribution in [-0.4, -0.2) is 35.1 Å². The Labute approximate surface area is 192 Å². The zero-order chi connectivity index (χ0) is 22.9. The highest BCUT2D eigenvalue weighted by Gasteiger charge is 2.12. The van der Waals surface area contributed by atoms with E-state index in [1.807, 2.05) is 0 Å². The second kappa shape index (κ2) is 11.9. The lowest BCUT2D eigenvalue weighted by Crippen LogP contribution is -2.25. The first-order valence-electron chi connectivity index (χ1n) is 12.1. The maximum Gasteiger partial charge on any atom is 0.333 e. The molecule has 3 aromatic rings. The number of esters is 1. The Hall–Kier alpha value is -2.59. The van der Waals surface area contributed by atoms with Crippen LogP contribution in [-0.2, 0) is 22.6 Å². The fourth-order valence-corrected chi connectivity index (χ4v) is 4.35. The summed E-state index contributed by atoms with van der Waals surface area (Å²) in [6.45, 7) is 14.4. The number of aryl methyl sites for hydroxylation is 1. The third-order valence-electron chi connectivity index (χ3n) is 6.09. The van der Waals surface area contributed by atoms with Gasteiger partial charge in [-0.2, -0.15) is 0 Å². The molecule has 0 aliphatic carbocycles. The van der Waals surface area contributed by atoms with Gasteiger partial charge in [-0.15, -0.1) is 0 Å². The third-order valence-corrected chi connectivity index (χ3v) is 6.09. The summed E-state index contributed by atoms with van der Waals surface area (Å²) in [7, 11) is 0. The van der Waals surface area contributed by atoms with Crippen molar-refractivity contribution in [3.05, 3.63) is 60.2 Å². The molecule has 0 aliphatic heterocycles. The minimum Gasteiger partial charge on any atom is -0.462 e. The van der Waals surface area contributed by atoms with Crippen LogP contribution < -0.4 is 0 Å². The highest BCUT2D eigenvalue weighted by molar-refractivity contribution is 6.08. The van der Waals surface area contributed by atoms with Gasteiger partial charge in [0.25, 0.3) is 0 Å². The van der Waals surface area contributed by atoms with E-state index in [-0.39, 0.29) is 5.97 Å². The molecule has 4 nitrogen and oxygen atoms in total. The topological polar surface area (TPSA) is 34.5 Å². The van der Waals surface area contributed by atoms with Gasteiger partial charge in [0.1, 0.15) is 0 Å². The van der Waals surface area contributed by atoms with E-state index >= 15 is 0 Å². The minimum absolute atomic E-state index is 0.283. The second-order valence-electron chi connectivity index (χ2n) is 8.72. The predicted octanol–water partition coefficient (Wildman–Crippen LogP) is 6.71. The van der Waals surface area contributed by atoms with E-state index in [9.17, 15) is 4.79 Å². The molecule has 1 aromatic heterocycles. The Kier molecular flexibility index (Phi) is 8.92. The zero-order valence-electron chi connectivity index (χ0n) is 20.0. The molecule has 0 fully saturated rings. The third kappa shape index (κ3) is 6.01. The molecular weight excluding hydrogens is 396 g/mol. The fourth-order valence-electron chi connectivity index (χ4n) is 4.35. The van der Waals surface area contributed by atoms with Crippen molar-refractivity contribution >= 4 is 27.8 Å². The summed E-state index contributed by atoms with van der Waals surface area (Å²) in [6.07, 6.45) is 5.51. The standard InChI is InChI=1S/C28H38N2O2/c1-5-7-17-29(18-11-8-12-19-32-28(31)22(3)4)21-23-15-16-27-25(20-23)24-13-9-10-14-26(24)30(27)6-2/h9-10,13-16,20H,3,5-8,11-12,17-19,21H2,1-2,4H3. The molecule has 0 atom stereocenters. The van der Waals surface area contributed by atoms with Crippen LogP contribution in [0.1, 0.15) is 58.4 Å². The average Bonchev–Trinajstić information content (AvgIpc) is 3.12. The lowest BCUT2D eigenvalue weighted by molar-refractivity contribution is -0.139. The van der Waals surface area contributed by atoms with Gasteiger partial charge in [0.15, 0.2) is 0 Å². The largest absolute Gasteiger partial charge is 0.462 e. The number of rotatable bonds is 13. The van der Waals surface area contributed by atoms with Crippen LogP contribution >= 0.6 is 0 Å². The molecule has 2 aromatic carbocycles. The van der Waals surface area contributed by atoms with Gasteiger partial charge >= 0.3 is 5.97 Å². The van der Waals surface area contributed by atoms with Crippen molar-refractivity contribution in [1.82, 2.24) is 9.47 Å². The second-order valence-corrected chi connectivity index (χ2v) is 8.72. The van der Waals surface area contributed by atoms with Crippen LogP contribution in [0.5, 0.6) is 0 Å². The molecule has 32 heavy (non-hydrogen) atoms. The van der Waals surface area contributed by atoms with Gasteiger partial charge < -0.3 is 9.30 Å². The number of hydrogen-bond donors (Lipinski definition) is 0. The molecule has 0 unspecified atom stereocenters. The molecule has 0 N–H and O–H groups in total. The summed E-state index contributed by atoms with van der Waals surface area (Å²) in [6, 6.07) is 15.7. The van der Waals surface area contributed by atoms with E-state index in [2.05, 4.69) is 72.4 Å². The van der Waals surface area contributed by atoms with Crippen LogP contribution in [0.3, 0.4) is 0 Å². The van der Waals surface area contributed by atoms with Gasteiger partial charge in [0.2, 0.25) is 0 Å². The monoisotopic (exact) mass is 434 g/mol. The molecule has 0 aliphatic rings. The van der Waals surface area contributed by atoms with E-state index in [0.29, 0.717) is 12.2 Å². The lowest BCUT2D eigenvalue weighted by Gasteiger charge is -2.22. The van der Waals surface area contributed by atoms with Crippen molar-refractivity contribution in [1.29, 1.82) is 0 Å². The smallest absolute Gasteiger partial charge is 0.333 e. The van der Waals surface area contributed by atoms with Crippen LogP contribution in [0.25, 0.3) is 21.8 Å². The molecule has 3 rings (SSSR count). The first-order valence-corrected chi connectivity index (χ1v) is 12.1. The maximum absolute atomic E-state index is 11.5. The number of aromatic nitrogens is 1. The van der Waals surface area contributed by atoms with Crippen molar-refractivity contribution < 1.29 is 9.53 Å². The van der Waals surface area contributed by atoms with Crippen LogP contribution in [0.15, 0.2) is 54.6 Å². The van der Waals surface area contributed by atoms with Crippen molar-refractivity contribution in [3.63, 3.8) is 0 Å². The summed E-state index contributed by atoms with van der Waals surface area (Å²) >= 11 is 0. The lowest BCUT2D eigenvalue weighted by atomic mass is 10.1. The minimum atomic E-state index is -0.283. The predicted molar refractivity (Wildman–Crippen MR) is 135 cm³/mol. The van der Waals surface area contributed by atoms with Gasteiger partial charge in [-0.25, -0.2) is 4.79 Å². The average molecular weight is 435 g/mol. The SMILES string of the molecule is C=C(C)C(=O)OCCCCCN(CCCC)Cc1ccc2c(c1)c1ccccc1n2CC. The first kappa shape index (κ1) is 24.1. The number of hydrogen-bond acceptors (Lipinski definition) is 3. The number of fused-ring (bicyclic) bond motifs is 3. The summed E-state index contributed by atoms with van der Waals surface area (Å²) in [5.74, 6) is -0.283. The number of carbonyl (C=O) groups is 1. The van der Waals surface area contributed by atoms with Gasteiger partial charge in [0, 0.05) is 40.5 Å². The Morgan fingerprint density at radius 3 is 2.47 bits per heavy atom. The summed E-state index contributed by atoms with van der Waals surface area (Å²) in [4.78, 5) is 14.0. The van der Waals surface area contributed by atoms with Crippen LogP contribution in [0, 0.1) is 0 Å². The molecule has 0 radical (unpaired) electrons. The van der Waals surface area contributed by atoms with Crippen LogP contribution in [0.4, 0.5) is 0 Å². The van der Waals surface area contributed by atoms with Crippen molar-refractivity contribution in [2.75, 3.05) is 19.7 Å². The van der Waals surface area contributed by atoms with Crippen molar-refractivity contribution in [2.45, 2.75) is 66.0 Å². The van der Waals surface area contributed by atoms with Crippen molar-refractivity contribution in [2.24, 2.45) is 0 Å². The molecule has 0 saturated carbocycles. The molecular formula is C28H38N2O2. The van der Waals surface area contributed by atoms with Gasteiger partial charge in [-0.3, -0.25) is 4.90 Å². The normalized spacial score (nSPS) is 11.5. The van der Waals surface area contributed by atoms with Gasteiger partial charge in [-0.1, -0.05) is 44.2 Å². The fraction of sp³-hybridized carbons (Fsp3) is 0.464. The summed E-state index contributed by atoms with van der Waals surface area (Å²) < 4.78 is 7.61.